The monoisotopic (exact) mass is 488 g/mol. The smallest absolute Gasteiger partial charge is 0.261 e. The normalized spacial score (nSPS) is 12.3. The molecule has 6 nitrogen and oxygen atoms in total. The van der Waals surface area contributed by atoms with E-state index in [1.807, 2.05) is 75.4 Å². The summed E-state index contributed by atoms with van der Waals surface area (Å²) >= 11 is 0. The summed E-state index contributed by atoms with van der Waals surface area (Å²) in [5.74, 6) is 0.844. The molecule has 0 aromatic heterocycles. The predicted molar refractivity (Wildman–Crippen MR) is 142 cm³/mol. The lowest BCUT2D eigenvalue weighted by Crippen LogP contribution is -2.53. The van der Waals surface area contributed by atoms with Crippen molar-refractivity contribution in [1.82, 2.24) is 10.2 Å². The summed E-state index contributed by atoms with van der Waals surface area (Å²) in [5, 5.41) is 3.08. The number of carbonyl (C=O) groups is 2. The van der Waals surface area contributed by atoms with E-state index < -0.39 is 6.04 Å². The zero-order valence-corrected chi connectivity index (χ0v) is 21.6. The van der Waals surface area contributed by atoms with Crippen molar-refractivity contribution in [2.24, 2.45) is 0 Å². The zero-order chi connectivity index (χ0) is 25.9. The summed E-state index contributed by atoms with van der Waals surface area (Å²) in [6.07, 6.45) is 1.21. The quantitative estimate of drug-likeness (QED) is 0.392. The first-order valence-corrected chi connectivity index (χ1v) is 12.4. The summed E-state index contributed by atoms with van der Waals surface area (Å²) in [6, 6.07) is 24.1. The first kappa shape index (κ1) is 26.8. The van der Waals surface area contributed by atoms with Crippen LogP contribution in [0.3, 0.4) is 0 Å². The van der Waals surface area contributed by atoms with Crippen LogP contribution in [0.25, 0.3) is 0 Å². The molecule has 0 aliphatic carbocycles. The van der Waals surface area contributed by atoms with Crippen LogP contribution < -0.4 is 14.8 Å². The van der Waals surface area contributed by atoms with E-state index in [1.165, 1.54) is 0 Å². The molecule has 2 atom stereocenters. The molecule has 0 bridgehead atoms. The van der Waals surface area contributed by atoms with Gasteiger partial charge >= 0.3 is 0 Å². The van der Waals surface area contributed by atoms with Gasteiger partial charge in [-0.2, -0.15) is 0 Å². The van der Waals surface area contributed by atoms with Crippen molar-refractivity contribution in [1.29, 1.82) is 0 Å². The van der Waals surface area contributed by atoms with Gasteiger partial charge in [0.25, 0.3) is 5.91 Å². The molecule has 1 N–H and O–H groups in total. The maximum atomic E-state index is 13.6. The Balaban J connectivity index is 1.90. The Morgan fingerprint density at radius 3 is 2.19 bits per heavy atom. The lowest BCUT2D eigenvalue weighted by molar-refractivity contribution is -0.143. The van der Waals surface area contributed by atoms with Crippen LogP contribution in [0.2, 0.25) is 0 Å². The van der Waals surface area contributed by atoms with Gasteiger partial charge in [0.05, 0.1) is 7.11 Å². The van der Waals surface area contributed by atoms with E-state index in [-0.39, 0.29) is 24.5 Å². The standard InChI is InChI=1S/C30H36N2O4/c1-5-23(3)31-30(34)28(19-24-12-7-6-8-13-24)32(20-25-14-10-9-11-22(25)2)29(33)21-36-27-17-15-26(35-4)16-18-27/h6-18,23,28H,5,19-21H2,1-4H3,(H,31,34)/t23-,28-/m1/s1. The SMILES string of the molecule is CC[C@@H](C)NC(=O)[C@@H](Cc1ccccc1)N(Cc1ccccc1C)C(=O)COc1ccc(OC)cc1. The fraction of sp³-hybridized carbons (Fsp3) is 0.333. The third kappa shape index (κ3) is 7.60. The lowest BCUT2D eigenvalue weighted by atomic mass is 10.0. The van der Waals surface area contributed by atoms with Gasteiger partial charge in [0.1, 0.15) is 17.5 Å². The summed E-state index contributed by atoms with van der Waals surface area (Å²) < 4.78 is 11.0. The summed E-state index contributed by atoms with van der Waals surface area (Å²) in [6.45, 7) is 6.13. The van der Waals surface area contributed by atoms with Crippen LogP contribution in [-0.4, -0.2) is 42.5 Å². The predicted octanol–water partition coefficient (Wildman–Crippen LogP) is 4.94. The number of ether oxygens (including phenoxy) is 2. The Bertz CT molecular complexity index is 1120. The molecule has 0 heterocycles. The van der Waals surface area contributed by atoms with E-state index in [9.17, 15) is 9.59 Å². The highest BCUT2D eigenvalue weighted by molar-refractivity contribution is 5.88. The van der Waals surface area contributed by atoms with Gasteiger partial charge in [0, 0.05) is 19.0 Å². The number of hydrogen-bond donors (Lipinski definition) is 1. The first-order chi connectivity index (χ1) is 17.4. The van der Waals surface area contributed by atoms with Crippen molar-refractivity contribution in [2.75, 3.05) is 13.7 Å². The number of nitrogens with one attached hydrogen (secondary N) is 1. The molecule has 0 unspecified atom stereocenters. The van der Waals surface area contributed by atoms with Crippen molar-refractivity contribution >= 4 is 11.8 Å². The summed E-state index contributed by atoms with van der Waals surface area (Å²) in [5.41, 5.74) is 3.04. The Hall–Kier alpha value is -3.80. The summed E-state index contributed by atoms with van der Waals surface area (Å²) in [4.78, 5) is 28.8. The average molecular weight is 489 g/mol. The van der Waals surface area contributed by atoms with Crippen LogP contribution in [0.15, 0.2) is 78.9 Å². The van der Waals surface area contributed by atoms with E-state index in [0.29, 0.717) is 24.5 Å². The molecule has 0 aliphatic heterocycles. The summed E-state index contributed by atoms with van der Waals surface area (Å²) in [7, 11) is 1.60. The third-order valence-corrected chi connectivity index (χ3v) is 6.30. The van der Waals surface area contributed by atoms with Crippen molar-refractivity contribution in [3.05, 3.63) is 95.6 Å². The van der Waals surface area contributed by atoms with Crippen molar-refractivity contribution in [3.63, 3.8) is 0 Å². The Morgan fingerprint density at radius 1 is 0.917 bits per heavy atom. The second-order valence-electron chi connectivity index (χ2n) is 8.94. The van der Waals surface area contributed by atoms with Crippen LogP contribution in [0.5, 0.6) is 11.5 Å². The number of aryl methyl sites for hydroxylation is 1. The number of methoxy groups -OCH3 is 1. The minimum atomic E-state index is -0.687. The molecule has 36 heavy (non-hydrogen) atoms. The highest BCUT2D eigenvalue weighted by atomic mass is 16.5. The minimum Gasteiger partial charge on any atom is -0.497 e. The van der Waals surface area contributed by atoms with Gasteiger partial charge in [-0.15, -0.1) is 0 Å². The van der Waals surface area contributed by atoms with Crippen molar-refractivity contribution < 1.29 is 19.1 Å². The largest absolute Gasteiger partial charge is 0.497 e. The van der Waals surface area contributed by atoms with E-state index in [2.05, 4.69) is 5.32 Å². The molecule has 0 saturated carbocycles. The molecule has 3 aromatic carbocycles. The number of nitrogens with zero attached hydrogens (tertiary/aromatic N) is 1. The molecule has 3 rings (SSSR count). The Kier molecular flexibility index (Phi) is 9.92. The number of hydrogen-bond acceptors (Lipinski definition) is 4. The van der Waals surface area contributed by atoms with Crippen molar-refractivity contribution in [3.8, 4) is 11.5 Å². The minimum absolute atomic E-state index is 0.00161. The lowest BCUT2D eigenvalue weighted by Gasteiger charge is -2.32. The van der Waals surface area contributed by atoms with E-state index in [1.54, 1.807) is 36.3 Å². The number of benzene rings is 3. The van der Waals surface area contributed by atoms with Gasteiger partial charge in [0.15, 0.2) is 6.61 Å². The maximum Gasteiger partial charge on any atom is 0.261 e. The number of rotatable bonds is 12. The van der Waals surface area contributed by atoms with Gasteiger partial charge in [-0.1, -0.05) is 61.5 Å². The van der Waals surface area contributed by atoms with Crippen LogP contribution in [0, 0.1) is 6.92 Å². The fourth-order valence-corrected chi connectivity index (χ4v) is 3.87. The van der Waals surface area contributed by atoms with Gasteiger partial charge in [-0.05, 0) is 61.2 Å². The highest BCUT2D eigenvalue weighted by Crippen LogP contribution is 2.20. The third-order valence-electron chi connectivity index (χ3n) is 6.30. The van der Waals surface area contributed by atoms with Crippen molar-refractivity contribution in [2.45, 2.75) is 52.2 Å². The van der Waals surface area contributed by atoms with Gasteiger partial charge in [-0.3, -0.25) is 9.59 Å². The molecule has 0 saturated heterocycles. The van der Waals surface area contributed by atoms with Crippen LogP contribution in [0.1, 0.15) is 37.0 Å². The van der Waals surface area contributed by atoms with E-state index in [0.717, 1.165) is 23.1 Å². The number of amides is 2. The molecule has 0 aliphatic rings. The first-order valence-electron chi connectivity index (χ1n) is 12.4. The molecule has 190 valence electrons. The highest BCUT2D eigenvalue weighted by Gasteiger charge is 2.31. The Morgan fingerprint density at radius 2 is 1.56 bits per heavy atom. The molecular formula is C30H36N2O4. The van der Waals surface area contributed by atoms with E-state index >= 15 is 0 Å². The average Bonchev–Trinajstić information content (AvgIpc) is 2.91. The molecule has 2 amide bonds. The van der Waals surface area contributed by atoms with Gasteiger partial charge in [0.2, 0.25) is 5.91 Å². The number of carbonyl (C=O) groups excluding carboxylic acids is 2. The fourth-order valence-electron chi connectivity index (χ4n) is 3.87. The Labute approximate surface area is 214 Å². The van der Waals surface area contributed by atoms with Gasteiger partial charge < -0.3 is 19.7 Å². The van der Waals surface area contributed by atoms with Crippen LogP contribution in [0.4, 0.5) is 0 Å². The van der Waals surface area contributed by atoms with E-state index in [4.69, 9.17) is 9.47 Å². The maximum absolute atomic E-state index is 13.6. The topological polar surface area (TPSA) is 67.9 Å². The second kappa shape index (κ2) is 13.3. The molecule has 0 fully saturated rings. The van der Waals surface area contributed by atoms with Gasteiger partial charge in [-0.25, -0.2) is 0 Å². The molecule has 0 radical (unpaired) electrons. The van der Waals surface area contributed by atoms with Crippen LogP contribution in [-0.2, 0) is 22.6 Å². The molecule has 6 heteroatoms. The second-order valence-corrected chi connectivity index (χ2v) is 8.94. The molecular weight excluding hydrogens is 452 g/mol. The zero-order valence-electron chi connectivity index (χ0n) is 21.6. The molecule has 0 spiro atoms. The molecule has 3 aromatic rings. The van der Waals surface area contributed by atoms with Crippen LogP contribution >= 0.6 is 0 Å².